The lowest BCUT2D eigenvalue weighted by Gasteiger charge is -2.21. The Hall–Kier alpha value is -3.48. The Kier molecular flexibility index (Phi) is 5.35. The van der Waals surface area contributed by atoms with Crippen LogP contribution in [0.3, 0.4) is 0 Å². The van der Waals surface area contributed by atoms with Crippen molar-refractivity contribution >= 4 is 23.6 Å². The summed E-state index contributed by atoms with van der Waals surface area (Å²) in [4.78, 5) is 51.1. The van der Waals surface area contributed by atoms with Crippen LogP contribution >= 0.6 is 0 Å². The number of carbonyl (C=O) groups excluding carboxylic acids is 4. The summed E-state index contributed by atoms with van der Waals surface area (Å²) in [5.41, 5.74) is 1.47. The quantitative estimate of drug-likeness (QED) is 0.559. The normalized spacial score (nSPS) is 18.4. The first-order valence-corrected chi connectivity index (χ1v) is 9.85. The number of Topliss-reactive ketones (excluding diaryl/α,β-unsaturated/α-hetero) is 1. The number of rotatable bonds is 5. The predicted octanol–water partition coefficient (Wildman–Crippen LogP) is 3.16. The third-order valence-corrected chi connectivity index (χ3v) is 5.45. The van der Waals surface area contributed by atoms with Crippen molar-refractivity contribution in [1.29, 1.82) is 0 Å². The highest BCUT2D eigenvalue weighted by molar-refractivity contribution is 6.21. The summed E-state index contributed by atoms with van der Waals surface area (Å²) in [6, 6.07) is 11.5. The molecule has 1 aliphatic heterocycles. The van der Waals surface area contributed by atoms with Crippen LogP contribution in [0.1, 0.15) is 62.3 Å². The highest BCUT2D eigenvalue weighted by Crippen LogP contribution is 2.27. The molecule has 7 nitrogen and oxygen atoms in total. The summed E-state index contributed by atoms with van der Waals surface area (Å²) in [5, 5.41) is 0. The smallest absolute Gasteiger partial charge is 0.342 e. The Labute approximate surface area is 173 Å². The molecular formula is C23H21NO6. The molecule has 0 aromatic heterocycles. The van der Waals surface area contributed by atoms with Gasteiger partial charge in [-0.15, -0.1) is 0 Å². The number of nitrogens with zero attached hydrogens (tertiary/aromatic N) is 1. The minimum atomic E-state index is -0.740. The SMILES string of the molecule is COc1ccc(CN2C(=O)c3ccccc3C2=O)cc1C(=O)O[C@H]1CCCCC1=O. The highest BCUT2D eigenvalue weighted by Gasteiger charge is 2.35. The van der Waals surface area contributed by atoms with E-state index >= 15 is 0 Å². The van der Waals surface area contributed by atoms with Gasteiger partial charge in [-0.1, -0.05) is 18.2 Å². The molecule has 0 N–H and O–H groups in total. The molecule has 1 heterocycles. The van der Waals surface area contributed by atoms with E-state index in [0.29, 0.717) is 35.3 Å². The zero-order valence-corrected chi connectivity index (χ0v) is 16.6. The van der Waals surface area contributed by atoms with Crippen LogP contribution < -0.4 is 4.74 Å². The summed E-state index contributed by atoms with van der Waals surface area (Å²) in [5.74, 6) is -1.17. The lowest BCUT2D eigenvalue weighted by atomic mass is 9.96. The van der Waals surface area contributed by atoms with Crippen molar-refractivity contribution in [2.45, 2.75) is 38.3 Å². The molecule has 7 heteroatoms. The van der Waals surface area contributed by atoms with Gasteiger partial charge in [0.2, 0.25) is 0 Å². The van der Waals surface area contributed by atoms with E-state index in [1.165, 1.54) is 13.2 Å². The van der Waals surface area contributed by atoms with Crippen LogP contribution in [0.5, 0.6) is 5.75 Å². The van der Waals surface area contributed by atoms with Gasteiger partial charge in [-0.05, 0) is 49.1 Å². The van der Waals surface area contributed by atoms with E-state index < -0.39 is 12.1 Å². The maximum absolute atomic E-state index is 12.7. The van der Waals surface area contributed by atoms with Crippen molar-refractivity contribution in [3.8, 4) is 5.75 Å². The number of methoxy groups -OCH3 is 1. The van der Waals surface area contributed by atoms with Gasteiger partial charge in [-0.25, -0.2) is 4.79 Å². The minimum absolute atomic E-state index is 0.0129. The van der Waals surface area contributed by atoms with E-state index in [0.717, 1.165) is 17.7 Å². The van der Waals surface area contributed by atoms with Crippen molar-refractivity contribution in [3.05, 3.63) is 64.7 Å². The van der Waals surface area contributed by atoms with Crippen molar-refractivity contribution in [2.75, 3.05) is 7.11 Å². The lowest BCUT2D eigenvalue weighted by molar-refractivity contribution is -0.129. The summed E-state index contributed by atoms with van der Waals surface area (Å²) in [7, 11) is 1.43. The molecule has 1 fully saturated rings. The fourth-order valence-electron chi connectivity index (χ4n) is 3.85. The molecule has 0 unspecified atom stereocenters. The lowest BCUT2D eigenvalue weighted by Crippen LogP contribution is -2.30. The molecule has 2 amide bonds. The zero-order valence-electron chi connectivity index (χ0n) is 16.6. The number of amides is 2. The molecule has 2 aromatic rings. The van der Waals surface area contributed by atoms with Gasteiger partial charge < -0.3 is 9.47 Å². The molecule has 2 aromatic carbocycles. The number of fused-ring (bicyclic) bond motifs is 1. The van der Waals surface area contributed by atoms with Gasteiger partial charge in [0.1, 0.15) is 11.3 Å². The molecule has 1 saturated carbocycles. The van der Waals surface area contributed by atoms with Crippen LogP contribution in [0.25, 0.3) is 0 Å². The number of hydrogen-bond acceptors (Lipinski definition) is 6. The van der Waals surface area contributed by atoms with Crippen LogP contribution in [0.4, 0.5) is 0 Å². The maximum atomic E-state index is 12.7. The van der Waals surface area contributed by atoms with Crippen LogP contribution in [-0.2, 0) is 16.1 Å². The second-order valence-corrected chi connectivity index (χ2v) is 7.38. The molecule has 0 radical (unpaired) electrons. The van der Waals surface area contributed by atoms with Gasteiger partial charge in [0, 0.05) is 6.42 Å². The average molecular weight is 407 g/mol. The Morgan fingerprint density at radius 3 is 2.37 bits per heavy atom. The fourth-order valence-corrected chi connectivity index (χ4v) is 3.85. The van der Waals surface area contributed by atoms with Crippen molar-refractivity contribution < 1.29 is 28.7 Å². The maximum Gasteiger partial charge on any atom is 0.342 e. The third-order valence-electron chi connectivity index (χ3n) is 5.45. The van der Waals surface area contributed by atoms with Gasteiger partial charge in [0.25, 0.3) is 11.8 Å². The second kappa shape index (κ2) is 8.10. The topological polar surface area (TPSA) is 90.0 Å². The van der Waals surface area contributed by atoms with Crippen LogP contribution in [0, 0.1) is 0 Å². The molecule has 0 saturated heterocycles. The van der Waals surface area contributed by atoms with Gasteiger partial charge in [0.15, 0.2) is 11.9 Å². The number of hydrogen-bond donors (Lipinski definition) is 0. The number of imide groups is 1. The second-order valence-electron chi connectivity index (χ2n) is 7.38. The van der Waals surface area contributed by atoms with Crippen LogP contribution in [0.2, 0.25) is 0 Å². The molecule has 0 bridgehead atoms. The van der Waals surface area contributed by atoms with Gasteiger partial charge in [-0.2, -0.15) is 0 Å². The van der Waals surface area contributed by atoms with Gasteiger partial charge in [-0.3, -0.25) is 19.3 Å². The first kappa shape index (κ1) is 19.8. The molecule has 154 valence electrons. The summed E-state index contributed by atoms with van der Waals surface area (Å²) in [6.07, 6.45) is 1.83. The van der Waals surface area contributed by atoms with Crippen molar-refractivity contribution in [3.63, 3.8) is 0 Å². The first-order chi connectivity index (χ1) is 14.5. The predicted molar refractivity (Wildman–Crippen MR) is 106 cm³/mol. The summed E-state index contributed by atoms with van der Waals surface area (Å²) >= 11 is 0. The molecule has 0 spiro atoms. The Morgan fingerprint density at radius 2 is 1.73 bits per heavy atom. The number of ketones is 1. The van der Waals surface area contributed by atoms with Crippen molar-refractivity contribution in [2.24, 2.45) is 0 Å². The zero-order chi connectivity index (χ0) is 21.3. The number of benzene rings is 2. The third kappa shape index (κ3) is 3.58. The minimum Gasteiger partial charge on any atom is -0.496 e. The monoisotopic (exact) mass is 407 g/mol. The Balaban J connectivity index is 1.56. The molecular weight excluding hydrogens is 386 g/mol. The molecule has 2 aliphatic rings. The molecule has 30 heavy (non-hydrogen) atoms. The van der Waals surface area contributed by atoms with E-state index in [4.69, 9.17) is 9.47 Å². The summed E-state index contributed by atoms with van der Waals surface area (Å²) < 4.78 is 10.7. The average Bonchev–Trinajstić information content (AvgIpc) is 3.00. The Bertz CT molecular complexity index is 1010. The standard InChI is InChI=1S/C23H21NO6/c1-29-19-11-10-14(12-17(19)23(28)30-20-9-5-4-8-18(20)25)13-24-21(26)15-6-2-3-7-16(15)22(24)27/h2-3,6-7,10-12,20H,4-5,8-9,13H2,1H3/t20-/m0/s1. The molecule has 1 aliphatic carbocycles. The van der Waals surface area contributed by atoms with E-state index in [2.05, 4.69) is 0 Å². The van der Waals surface area contributed by atoms with Gasteiger partial charge >= 0.3 is 5.97 Å². The highest BCUT2D eigenvalue weighted by atomic mass is 16.5. The molecule has 4 rings (SSSR count). The van der Waals surface area contributed by atoms with E-state index in [9.17, 15) is 19.2 Å². The van der Waals surface area contributed by atoms with Crippen LogP contribution in [0.15, 0.2) is 42.5 Å². The summed E-state index contributed by atoms with van der Waals surface area (Å²) in [6.45, 7) is 0.0129. The first-order valence-electron chi connectivity index (χ1n) is 9.85. The number of ether oxygens (including phenoxy) is 2. The largest absolute Gasteiger partial charge is 0.496 e. The van der Waals surface area contributed by atoms with E-state index in [1.807, 2.05) is 0 Å². The van der Waals surface area contributed by atoms with E-state index in [-0.39, 0.29) is 29.7 Å². The molecule has 1 atom stereocenters. The van der Waals surface area contributed by atoms with Crippen LogP contribution in [-0.4, -0.2) is 41.7 Å². The van der Waals surface area contributed by atoms with Gasteiger partial charge in [0.05, 0.1) is 24.8 Å². The number of esters is 1. The Morgan fingerprint density at radius 1 is 1.03 bits per heavy atom. The number of carbonyl (C=O) groups is 4. The van der Waals surface area contributed by atoms with Crippen molar-refractivity contribution in [1.82, 2.24) is 4.90 Å². The fraction of sp³-hybridized carbons (Fsp3) is 0.304. The van der Waals surface area contributed by atoms with E-state index in [1.54, 1.807) is 36.4 Å².